The quantitative estimate of drug-likeness (QED) is 0.293. The Kier molecular flexibility index (Phi) is 8.48. The molecule has 0 radical (unpaired) electrons. The summed E-state index contributed by atoms with van der Waals surface area (Å²) in [6, 6.07) is 23.1. The van der Waals surface area contributed by atoms with Gasteiger partial charge in [0.25, 0.3) is 0 Å². The molecular weight excluding hydrogens is 581 g/mol. The van der Waals surface area contributed by atoms with Crippen LogP contribution < -0.4 is 14.8 Å². The van der Waals surface area contributed by atoms with Gasteiger partial charge in [-0.3, -0.25) is 10.1 Å². The van der Waals surface area contributed by atoms with Gasteiger partial charge in [0.2, 0.25) is 5.91 Å². The van der Waals surface area contributed by atoms with Crippen molar-refractivity contribution in [3.05, 3.63) is 93.5 Å². The lowest BCUT2D eigenvalue weighted by Crippen LogP contribution is -2.48. The van der Waals surface area contributed by atoms with Gasteiger partial charge >= 0.3 is 0 Å². The van der Waals surface area contributed by atoms with Crippen molar-refractivity contribution in [1.82, 2.24) is 10.2 Å². The van der Waals surface area contributed by atoms with Crippen molar-refractivity contribution in [3.63, 3.8) is 0 Å². The Balaban J connectivity index is 1.56. The highest BCUT2D eigenvalue weighted by Crippen LogP contribution is 2.70. The fourth-order valence-electron chi connectivity index (χ4n) is 7.32. The fourth-order valence-corrected chi connectivity index (χ4v) is 7.64. The van der Waals surface area contributed by atoms with Crippen molar-refractivity contribution in [2.75, 3.05) is 27.8 Å². The molecule has 1 saturated carbocycles. The summed E-state index contributed by atoms with van der Waals surface area (Å²) < 4.78 is 10.8. The van der Waals surface area contributed by atoms with Crippen LogP contribution in [0.15, 0.2) is 66.7 Å². The molecule has 1 unspecified atom stereocenters. The van der Waals surface area contributed by atoms with Gasteiger partial charge in [-0.25, -0.2) is 0 Å². The van der Waals surface area contributed by atoms with Crippen LogP contribution >= 0.6 is 23.2 Å². The van der Waals surface area contributed by atoms with E-state index in [2.05, 4.69) is 32.2 Å². The third-order valence-corrected chi connectivity index (χ3v) is 9.92. The normalized spacial score (nSPS) is 26.2. The molecule has 1 amide bonds. The van der Waals surface area contributed by atoms with E-state index in [1.807, 2.05) is 73.8 Å². The summed E-state index contributed by atoms with van der Waals surface area (Å²) in [5.41, 5.74) is 1.02. The van der Waals surface area contributed by atoms with Crippen LogP contribution in [0.5, 0.6) is 11.5 Å². The number of hydrogen-bond acceptors (Lipinski definition) is 5. The number of nitrogens with one attached hydrogen (secondary N) is 1. The van der Waals surface area contributed by atoms with Gasteiger partial charge in [-0.2, -0.15) is 5.26 Å². The third-order valence-electron chi connectivity index (χ3n) is 9.43. The Hall–Kier alpha value is -3.24. The molecule has 0 aromatic heterocycles. The molecule has 8 heteroatoms. The molecule has 2 aliphatic rings. The minimum atomic E-state index is -1.04. The minimum Gasteiger partial charge on any atom is -0.493 e. The maximum atomic E-state index is 14.5. The number of halogens is 2. The number of hydrogen-bond donors (Lipinski definition) is 1. The van der Waals surface area contributed by atoms with Gasteiger partial charge < -0.3 is 14.4 Å². The highest BCUT2D eigenvalue weighted by atomic mass is 35.5. The number of benzene rings is 3. The molecule has 2 fully saturated rings. The monoisotopic (exact) mass is 619 g/mol. The van der Waals surface area contributed by atoms with E-state index in [4.69, 9.17) is 32.7 Å². The first-order valence-electron chi connectivity index (χ1n) is 14.6. The molecule has 226 valence electrons. The summed E-state index contributed by atoms with van der Waals surface area (Å²) in [4.78, 5) is 16.2. The predicted octanol–water partition coefficient (Wildman–Crippen LogP) is 7.03. The number of rotatable bonds is 8. The number of likely N-dealkylation sites (N-methyl/N-ethyl adjacent to an activating group) is 1. The average Bonchev–Trinajstić information content (AvgIpc) is 3.66. The van der Waals surface area contributed by atoms with Gasteiger partial charge in [0, 0.05) is 35.1 Å². The maximum absolute atomic E-state index is 14.5. The third kappa shape index (κ3) is 5.37. The molecular formula is C35H39Cl2N3O3. The van der Waals surface area contributed by atoms with Crippen LogP contribution in [0.2, 0.25) is 10.0 Å². The number of amides is 1. The largest absolute Gasteiger partial charge is 0.493 e. The van der Waals surface area contributed by atoms with Gasteiger partial charge in [0.15, 0.2) is 11.5 Å². The van der Waals surface area contributed by atoms with Crippen molar-refractivity contribution in [3.8, 4) is 17.6 Å². The van der Waals surface area contributed by atoms with Gasteiger partial charge in [-0.05, 0) is 77.3 Å². The molecule has 43 heavy (non-hydrogen) atoms. The predicted molar refractivity (Wildman–Crippen MR) is 171 cm³/mol. The van der Waals surface area contributed by atoms with Crippen LogP contribution in [-0.4, -0.2) is 50.2 Å². The number of nitriles is 1. The molecule has 6 nitrogen and oxygen atoms in total. The first kappa shape index (κ1) is 31.2. The van der Waals surface area contributed by atoms with Gasteiger partial charge in [-0.1, -0.05) is 74.3 Å². The van der Waals surface area contributed by atoms with Crippen molar-refractivity contribution in [2.24, 2.45) is 11.3 Å². The second kappa shape index (κ2) is 11.7. The smallest absolute Gasteiger partial charge is 0.240 e. The first-order chi connectivity index (χ1) is 20.4. The van der Waals surface area contributed by atoms with Crippen LogP contribution in [0.3, 0.4) is 0 Å². The number of nitrogens with zero attached hydrogens (tertiary/aromatic N) is 2. The lowest BCUT2D eigenvalue weighted by Gasteiger charge is -2.37. The minimum absolute atomic E-state index is 0.0597. The standard InChI is InChI=1S/C35H39Cl2N3O3/c1-33(2,3)29-20-35(29)34(21-38,24-11-13-25(36)14-12-24)30(23-8-7-9-26(37)19-23)31(39-35)32(41)40(4)17-16-22-10-15-27(42-5)28(18-22)43-6/h7-15,18-19,29-31,39H,16-17,20H2,1-6H3/t29-,30-,31+,34+,35?/m0/s1. The highest BCUT2D eigenvalue weighted by molar-refractivity contribution is 6.30. The fraction of sp³-hybridized carbons (Fsp3) is 0.429. The van der Waals surface area contributed by atoms with Crippen molar-refractivity contribution >= 4 is 29.1 Å². The van der Waals surface area contributed by atoms with E-state index in [-0.39, 0.29) is 17.2 Å². The Bertz CT molecular complexity index is 1550. The highest BCUT2D eigenvalue weighted by Gasteiger charge is 2.78. The van der Waals surface area contributed by atoms with E-state index >= 15 is 0 Å². The zero-order valence-corrected chi connectivity index (χ0v) is 27.1. The molecule has 0 bridgehead atoms. The summed E-state index contributed by atoms with van der Waals surface area (Å²) in [6.07, 6.45) is 1.41. The molecule has 1 spiro atoms. The summed E-state index contributed by atoms with van der Waals surface area (Å²) in [5, 5.41) is 16.3. The van der Waals surface area contributed by atoms with E-state index in [1.54, 1.807) is 19.1 Å². The second-order valence-electron chi connectivity index (χ2n) is 12.9. The molecule has 1 heterocycles. The molecule has 3 aromatic rings. The number of carbonyl (C=O) groups is 1. The zero-order valence-electron chi connectivity index (χ0n) is 25.6. The molecule has 5 atom stereocenters. The molecule has 3 aromatic carbocycles. The number of methoxy groups -OCH3 is 2. The summed E-state index contributed by atoms with van der Waals surface area (Å²) in [5.74, 6) is 0.939. The van der Waals surface area contributed by atoms with E-state index in [1.165, 1.54) is 0 Å². The Morgan fingerprint density at radius 3 is 2.30 bits per heavy atom. The van der Waals surface area contributed by atoms with Gasteiger partial charge in [0.1, 0.15) is 5.41 Å². The van der Waals surface area contributed by atoms with Crippen molar-refractivity contribution in [2.45, 2.75) is 56.5 Å². The van der Waals surface area contributed by atoms with Gasteiger partial charge in [-0.15, -0.1) is 0 Å². The Labute approximate surface area is 264 Å². The Morgan fingerprint density at radius 1 is 1.02 bits per heavy atom. The average molecular weight is 621 g/mol. The molecule has 1 saturated heterocycles. The van der Waals surface area contributed by atoms with E-state index in [9.17, 15) is 10.1 Å². The summed E-state index contributed by atoms with van der Waals surface area (Å²) >= 11 is 12.9. The molecule has 5 rings (SSSR count). The molecule has 1 aliphatic carbocycles. The second-order valence-corrected chi connectivity index (χ2v) is 13.7. The maximum Gasteiger partial charge on any atom is 0.240 e. The summed E-state index contributed by atoms with van der Waals surface area (Å²) in [7, 11) is 5.05. The Morgan fingerprint density at radius 2 is 1.72 bits per heavy atom. The van der Waals surface area contributed by atoms with Crippen LogP contribution in [-0.2, 0) is 16.6 Å². The SMILES string of the molecule is COc1ccc(CCN(C)C(=O)[C@@H]2NC3(C[C@H]3C(C)(C)C)[C@](C#N)(c3ccc(Cl)cc3)[C@H]2c2cccc(Cl)c2)cc1OC. The zero-order chi connectivity index (χ0) is 31.2. The van der Waals surface area contributed by atoms with Crippen LogP contribution in [0.1, 0.15) is 49.8 Å². The van der Waals surface area contributed by atoms with E-state index in [0.29, 0.717) is 34.5 Å². The van der Waals surface area contributed by atoms with Crippen LogP contribution in [0, 0.1) is 22.7 Å². The topological polar surface area (TPSA) is 74.6 Å². The first-order valence-corrected chi connectivity index (χ1v) is 15.3. The van der Waals surface area contributed by atoms with Crippen LogP contribution in [0.25, 0.3) is 0 Å². The van der Waals surface area contributed by atoms with Gasteiger partial charge in [0.05, 0.1) is 26.3 Å². The molecule has 1 N–H and O–H groups in total. The lowest BCUT2D eigenvalue weighted by atomic mass is 9.62. The van der Waals surface area contributed by atoms with E-state index < -0.39 is 22.9 Å². The molecule has 1 aliphatic heterocycles. The lowest BCUT2D eigenvalue weighted by molar-refractivity contribution is -0.132. The number of ether oxygens (including phenoxy) is 2. The van der Waals surface area contributed by atoms with E-state index in [0.717, 1.165) is 23.1 Å². The van der Waals surface area contributed by atoms with Crippen molar-refractivity contribution < 1.29 is 14.3 Å². The summed E-state index contributed by atoms with van der Waals surface area (Å²) in [6.45, 7) is 7.11. The van der Waals surface area contributed by atoms with Crippen LogP contribution in [0.4, 0.5) is 0 Å². The van der Waals surface area contributed by atoms with Crippen molar-refractivity contribution in [1.29, 1.82) is 5.26 Å². The number of carbonyl (C=O) groups excluding carboxylic acids is 1.